The summed E-state index contributed by atoms with van der Waals surface area (Å²) in [5.41, 5.74) is 26.2. The zero-order valence-corrected chi connectivity index (χ0v) is 36.0. The average molecular weight is 775 g/mol. The van der Waals surface area contributed by atoms with Crippen molar-refractivity contribution in [3.05, 3.63) is 248 Å². The Morgan fingerprint density at radius 1 is 0.317 bits per heavy atom. The lowest BCUT2D eigenvalue weighted by atomic mass is 9.63. The third kappa shape index (κ3) is 5.36. The van der Waals surface area contributed by atoms with Crippen LogP contribution in [-0.4, -0.2) is 0 Å². The van der Waals surface area contributed by atoms with Gasteiger partial charge in [-0.25, -0.2) is 0 Å². The van der Waals surface area contributed by atoms with Gasteiger partial charge in [0.2, 0.25) is 0 Å². The van der Waals surface area contributed by atoms with Gasteiger partial charge in [0, 0.05) is 0 Å². The van der Waals surface area contributed by atoms with E-state index in [1.165, 1.54) is 111 Å². The minimum Gasteiger partial charge on any atom is -0.0619 e. The van der Waals surface area contributed by atoms with E-state index in [0.29, 0.717) is 0 Å². The van der Waals surface area contributed by atoms with Crippen molar-refractivity contribution < 1.29 is 0 Å². The molecule has 2 aliphatic rings. The first-order valence-electron chi connectivity index (χ1n) is 22.3. The summed E-state index contributed by atoms with van der Waals surface area (Å²) in [6.45, 7) is 13.7. The second-order valence-corrected chi connectivity index (χ2v) is 17.1. The van der Waals surface area contributed by atoms with Gasteiger partial charge < -0.3 is 0 Å². The zero-order valence-electron chi connectivity index (χ0n) is 36.0. The Balaban J connectivity index is 1.28. The Labute approximate surface area is 357 Å². The van der Waals surface area contributed by atoms with E-state index in [9.17, 15) is 0 Å². The van der Waals surface area contributed by atoms with Crippen molar-refractivity contribution in [2.75, 3.05) is 0 Å². The van der Waals surface area contributed by atoms with Crippen molar-refractivity contribution in [3.8, 4) is 33.4 Å². The standard InChI is InChI=1S/C60H54/c1-7-41-17-15-23-53(47(41)9-3)60(54-24-16-18-42(8-2)48(54)10-4)56-22-14-12-20-50(56)52-36-30-44(38-58(52)60)43-29-35-51-49-19-11-13-21-55(49)59(57(51)37-43,45-31-25-39(5)26-32-45)46-33-27-40(6)28-34-46/h11-38H,7-10H2,1-6H3. The van der Waals surface area contributed by atoms with Crippen molar-refractivity contribution in [2.24, 2.45) is 0 Å². The number of hydrogen-bond acceptors (Lipinski definition) is 0. The Bertz CT molecular complexity index is 2820. The van der Waals surface area contributed by atoms with Crippen LogP contribution < -0.4 is 0 Å². The lowest BCUT2D eigenvalue weighted by molar-refractivity contribution is 0.734. The quantitative estimate of drug-likeness (QED) is 0.137. The molecule has 0 unspecified atom stereocenters. The zero-order chi connectivity index (χ0) is 41.2. The van der Waals surface area contributed by atoms with E-state index < -0.39 is 10.8 Å². The van der Waals surface area contributed by atoms with Gasteiger partial charge in [-0.1, -0.05) is 197 Å². The summed E-state index contributed by atoms with van der Waals surface area (Å²) in [6.07, 6.45) is 3.99. The van der Waals surface area contributed by atoms with E-state index >= 15 is 0 Å². The van der Waals surface area contributed by atoms with Crippen LogP contribution in [0.25, 0.3) is 33.4 Å². The molecule has 8 aromatic carbocycles. The molecule has 0 heteroatoms. The lowest BCUT2D eigenvalue weighted by Crippen LogP contribution is -2.32. The predicted octanol–water partition coefficient (Wildman–Crippen LogP) is 14.9. The highest BCUT2D eigenvalue weighted by Gasteiger charge is 2.49. The van der Waals surface area contributed by atoms with Gasteiger partial charge in [-0.3, -0.25) is 0 Å². The molecule has 0 saturated heterocycles. The van der Waals surface area contributed by atoms with Crippen LogP contribution in [0.5, 0.6) is 0 Å². The van der Waals surface area contributed by atoms with Crippen molar-refractivity contribution >= 4 is 0 Å². The average Bonchev–Trinajstić information content (AvgIpc) is 3.76. The van der Waals surface area contributed by atoms with Crippen LogP contribution in [0.15, 0.2) is 170 Å². The molecule has 0 aliphatic heterocycles. The molecule has 0 aromatic heterocycles. The molecule has 60 heavy (non-hydrogen) atoms. The molecule has 0 spiro atoms. The van der Waals surface area contributed by atoms with Gasteiger partial charge in [0.25, 0.3) is 0 Å². The number of aryl methyl sites for hydroxylation is 4. The van der Waals surface area contributed by atoms with Crippen LogP contribution >= 0.6 is 0 Å². The van der Waals surface area contributed by atoms with Crippen molar-refractivity contribution in [1.82, 2.24) is 0 Å². The number of hydrogen-bond donors (Lipinski definition) is 0. The van der Waals surface area contributed by atoms with Crippen LogP contribution in [0.1, 0.15) is 106 Å². The third-order valence-electron chi connectivity index (χ3n) is 14.2. The Morgan fingerprint density at radius 2 is 0.700 bits per heavy atom. The van der Waals surface area contributed by atoms with Gasteiger partial charge in [-0.15, -0.1) is 0 Å². The van der Waals surface area contributed by atoms with Gasteiger partial charge in [-0.2, -0.15) is 0 Å². The summed E-state index contributed by atoms with van der Waals surface area (Å²) in [6, 6.07) is 66.0. The fourth-order valence-corrected chi connectivity index (χ4v) is 11.5. The van der Waals surface area contributed by atoms with Crippen LogP contribution in [0.2, 0.25) is 0 Å². The molecule has 0 saturated carbocycles. The van der Waals surface area contributed by atoms with Crippen LogP contribution in [0, 0.1) is 13.8 Å². The summed E-state index contributed by atoms with van der Waals surface area (Å²) in [5.74, 6) is 0. The maximum Gasteiger partial charge on any atom is 0.0719 e. The van der Waals surface area contributed by atoms with Crippen LogP contribution in [0.4, 0.5) is 0 Å². The van der Waals surface area contributed by atoms with Crippen LogP contribution in [-0.2, 0) is 36.5 Å². The van der Waals surface area contributed by atoms with E-state index in [0.717, 1.165) is 25.7 Å². The maximum absolute atomic E-state index is 2.58. The molecule has 0 amide bonds. The number of benzene rings is 8. The molecule has 10 rings (SSSR count). The van der Waals surface area contributed by atoms with E-state index in [2.05, 4.69) is 211 Å². The summed E-state index contributed by atoms with van der Waals surface area (Å²) in [5, 5.41) is 0. The van der Waals surface area contributed by atoms with Crippen molar-refractivity contribution in [2.45, 2.75) is 78.1 Å². The van der Waals surface area contributed by atoms with Crippen LogP contribution in [0.3, 0.4) is 0 Å². The minimum absolute atomic E-state index is 0.465. The molecule has 0 radical (unpaired) electrons. The highest BCUT2D eigenvalue weighted by molar-refractivity contribution is 5.91. The topological polar surface area (TPSA) is 0 Å². The molecular weight excluding hydrogens is 721 g/mol. The fourth-order valence-electron chi connectivity index (χ4n) is 11.5. The second-order valence-electron chi connectivity index (χ2n) is 17.1. The number of rotatable bonds is 9. The first-order chi connectivity index (χ1) is 29.4. The Morgan fingerprint density at radius 3 is 1.13 bits per heavy atom. The SMILES string of the molecule is CCc1cccc(C2(c3cccc(CC)c3CC)c3ccccc3-c3ccc(-c4ccc5c(c4)C(c4ccc(C)cc4)(c4ccc(C)cc4)c4ccccc4-5)cc32)c1CC. The first kappa shape index (κ1) is 38.0. The first-order valence-corrected chi connectivity index (χ1v) is 22.3. The van der Waals surface area contributed by atoms with Crippen molar-refractivity contribution in [3.63, 3.8) is 0 Å². The molecule has 0 atom stereocenters. The maximum atomic E-state index is 2.58. The smallest absolute Gasteiger partial charge is 0.0619 e. The van der Waals surface area contributed by atoms with Gasteiger partial charge in [-0.05, 0) is 152 Å². The normalized spacial score (nSPS) is 14.0. The summed E-state index contributed by atoms with van der Waals surface area (Å²) in [7, 11) is 0. The molecule has 0 N–H and O–H groups in total. The van der Waals surface area contributed by atoms with Gasteiger partial charge in [0.15, 0.2) is 0 Å². The van der Waals surface area contributed by atoms with Gasteiger partial charge >= 0.3 is 0 Å². The van der Waals surface area contributed by atoms with Gasteiger partial charge in [0.1, 0.15) is 0 Å². The molecule has 294 valence electrons. The second kappa shape index (κ2) is 14.8. The highest BCUT2D eigenvalue weighted by Crippen LogP contribution is 2.60. The number of fused-ring (bicyclic) bond motifs is 6. The monoisotopic (exact) mass is 774 g/mol. The summed E-state index contributed by atoms with van der Waals surface area (Å²) in [4.78, 5) is 0. The largest absolute Gasteiger partial charge is 0.0719 e. The van der Waals surface area contributed by atoms with Crippen molar-refractivity contribution in [1.29, 1.82) is 0 Å². The molecule has 0 heterocycles. The minimum atomic E-state index is -0.477. The molecule has 0 bridgehead atoms. The lowest BCUT2D eigenvalue weighted by Gasteiger charge is -2.38. The summed E-state index contributed by atoms with van der Waals surface area (Å²) >= 11 is 0. The summed E-state index contributed by atoms with van der Waals surface area (Å²) < 4.78 is 0. The van der Waals surface area contributed by atoms with E-state index in [-0.39, 0.29) is 0 Å². The molecule has 0 nitrogen and oxygen atoms in total. The molecule has 8 aromatic rings. The predicted molar refractivity (Wildman–Crippen MR) is 253 cm³/mol. The Kier molecular flexibility index (Phi) is 9.37. The molecule has 2 aliphatic carbocycles. The van der Waals surface area contributed by atoms with E-state index in [1.54, 1.807) is 0 Å². The third-order valence-corrected chi connectivity index (χ3v) is 14.2. The van der Waals surface area contributed by atoms with Gasteiger partial charge in [0.05, 0.1) is 10.8 Å². The Hall–Kier alpha value is -6.24. The highest BCUT2D eigenvalue weighted by atomic mass is 14.5. The molecular formula is C60H54. The fraction of sp³-hybridized carbons (Fsp3) is 0.200. The van der Waals surface area contributed by atoms with E-state index in [4.69, 9.17) is 0 Å². The van der Waals surface area contributed by atoms with E-state index in [1.807, 2.05) is 0 Å². The molecule has 0 fully saturated rings.